The number of benzene rings is 2. The molecular weight excluding hydrogens is 424 g/mol. The quantitative estimate of drug-likeness (QED) is 0.536. The van der Waals surface area contributed by atoms with Gasteiger partial charge in [-0.25, -0.2) is 8.42 Å². The van der Waals surface area contributed by atoms with E-state index in [1.165, 1.54) is 29.8 Å². The Morgan fingerprint density at radius 3 is 2.44 bits per heavy atom. The second-order valence-electron chi connectivity index (χ2n) is 8.04. The molecule has 0 spiro atoms. The Hall–Kier alpha value is -2.64. The fourth-order valence-electron chi connectivity index (χ4n) is 3.95. The highest BCUT2D eigenvalue weighted by molar-refractivity contribution is 7.89. The standard InChI is InChI=1S/C25H32N2O4S/c1-27(32(29,30)23-11-7-4-8-12-23)24(21-13-15-22(31-2)16-14-21)19-25(28)26-18-17-20-9-5-3-6-10-20/h4,7-9,11-16,24H,3,5-6,10,17-19H2,1-2H3,(H,26,28)/t24-/m0/s1. The molecule has 0 radical (unpaired) electrons. The van der Waals surface area contributed by atoms with Gasteiger partial charge in [0, 0.05) is 20.0 Å². The predicted octanol–water partition coefficient (Wildman–Crippen LogP) is 4.45. The summed E-state index contributed by atoms with van der Waals surface area (Å²) in [5, 5.41) is 2.97. The molecule has 2 aromatic rings. The van der Waals surface area contributed by atoms with E-state index in [0.717, 1.165) is 24.8 Å². The van der Waals surface area contributed by atoms with Crippen LogP contribution in [-0.2, 0) is 14.8 Å². The second-order valence-corrected chi connectivity index (χ2v) is 10.0. The van der Waals surface area contributed by atoms with Crippen LogP contribution in [0, 0.1) is 0 Å². The van der Waals surface area contributed by atoms with E-state index in [2.05, 4.69) is 11.4 Å². The number of hydrogen-bond donors (Lipinski definition) is 1. The Morgan fingerprint density at radius 2 is 1.81 bits per heavy atom. The van der Waals surface area contributed by atoms with Gasteiger partial charge in [0.15, 0.2) is 0 Å². The SMILES string of the molecule is COc1ccc([C@H](CC(=O)NCCC2=CCCCC2)N(C)S(=O)(=O)c2ccccc2)cc1. The molecule has 0 saturated heterocycles. The van der Waals surface area contributed by atoms with Crippen LogP contribution in [0.3, 0.4) is 0 Å². The molecule has 172 valence electrons. The Morgan fingerprint density at radius 1 is 1.09 bits per heavy atom. The van der Waals surface area contributed by atoms with Gasteiger partial charge >= 0.3 is 0 Å². The minimum absolute atomic E-state index is 0.0357. The summed E-state index contributed by atoms with van der Waals surface area (Å²) in [4.78, 5) is 13.0. The van der Waals surface area contributed by atoms with Crippen molar-refractivity contribution >= 4 is 15.9 Å². The molecule has 0 aliphatic heterocycles. The van der Waals surface area contributed by atoms with Crippen LogP contribution in [0.2, 0.25) is 0 Å². The van der Waals surface area contributed by atoms with Crippen molar-refractivity contribution in [1.29, 1.82) is 0 Å². The lowest BCUT2D eigenvalue weighted by atomic mass is 9.97. The summed E-state index contributed by atoms with van der Waals surface area (Å²) in [6.45, 7) is 0.565. The molecule has 1 N–H and O–H groups in total. The lowest BCUT2D eigenvalue weighted by Crippen LogP contribution is -2.35. The first-order valence-electron chi connectivity index (χ1n) is 11.0. The Bertz CT molecular complexity index is 1020. The van der Waals surface area contributed by atoms with E-state index in [0.29, 0.717) is 12.3 Å². The van der Waals surface area contributed by atoms with Gasteiger partial charge in [0.1, 0.15) is 5.75 Å². The Labute approximate surface area is 191 Å². The minimum atomic E-state index is -3.77. The summed E-state index contributed by atoms with van der Waals surface area (Å²) in [5.41, 5.74) is 2.13. The summed E-state index contributed by atoms with van der Waals surface area (Å²) in [6, 6.07) is 14.8. The number of sulfonamides is 1. The lowest BCUT2D eigenvalue weighted by molar-refractivity contribution is -0.121. The van der Waals surface area contributed by atoms with Crippen LogP contribution in [0.25, 0.3) is 0 Å². The minimum Gasteiger partial charge on any atom is -0.497 e. The van der Waals surface area contributed by atoms with Gasteiger partial charge in [-0.2, -0.15) is 4.31 Å². The molecule has 0 unspecified atom stereocenters. The van der Waals surface area contributed by atoms with Gasteiger partial charge in [0.2, 0.25) is 15.9 Å². The van der Waals surface area contributed by atoms with Crippen LogP contribution >= 0.6 is 0 Å². The zero-order valence-corrected chi connectivity index (χ0v) is 19.6. The van der Waals surface area contributed by atoms with Gasteiger partial charge in [0.05, 0.1) is 18.0 Å². The Balaban J connectivity index is 1.75. The third-order valence-electron chi connectivity index (χ3n) is 5.89. The highest BCUT2D eigenvalue weighted by Crippen LogP contribution is 2.30. The Kier molecular flexibility index (Phi) is 8.47. The third kappa shape index (κ3) is 6.20. The molecule has 0 saturated carbocycles. The number of amides is 1. The van der Waals surface area contributed by atoms with Crippen molar-refractivity contribution in [3.8, 4) is 5.75 Å². The number of allylic oxidation sites excluding steroid dienone is 1. The molecule has 1 aliphatic rings. The number of carbonyl (C=O) groups is 1. The van der Waals surface area contributed by atoms with Crippen molar-refractivity contribution in [2.45, 2.75) is 49.5 Å². The monoisotopic (exact) mass is 456 g/mol. The molecule has 6 nitrogen and oxygen atoms in total. The molecule has 0 heterocycles. The van der Waals surface area contributed by atoms with Crippen molar-refractivity contribution in [2.24, 2.45) is 0 Å². The van der Waals surface area contributed by atoms with E-state index >= 15 is 0 Å². The molecule has 0 bridgehead atoms. The predicted molar refractivity (Wildman–Crippen MR) is 126 cm³/mol. The summed E-state index contributed by atoms with van der Waals surface area (Å²) < 4.78 is 33.0. The molecule has 7 heteroatoms. The summed E-state index contributed by atoms with van der Waals surface area (Å²) in [6.07, 6.45) is 7.82. The molecule has 1 atom stereocenters. The molecule has 1 aliphatic carbocycles. The lowest BCUT2D eigenvalue weighted by Gasteiger charge is -2.28. The van der Waals surface area contributed by atoms with Crippen molar-refractivity contribution in [1.82, 2.24) is 9.62 Å². The first kappa shape index (κ1) is 24.0. The van der Waals surface area contributed by atoms with E-state index in [4.69, 9.17) is 4.74 Å². The zero-order valence-electron chi connectivity index (χ0n) is 18.8. The molecule has 32 heavy (non-hydrogen) atoms. The molecule has 0 fully saturated rings. The van der Waals surface area contributed by atoms with Gasteiger partial charge in [-0.05, 0) is 61.9 Å². The van der Waals surface area contributed by atoms with Gasteiger partial charge in [-0.15, -0.1) is 0 Å². The van der Waals surface area contributed by atoms with Crippen LogP contribution in [0.15, 0.2) is 71.1 Å². The molecule has 2 aromatic carbocycles. The first-order valence-corrected chi connectivity index (χ1v) is 12.5. The van der Waals surface area contributed by atoms with E-state index in [9.17, 15) is 13.2 Å². The van der Waals surface area contributed by atoms with Gasteiger partial charge in [-0.1, -0.05) is 42.0 Å². The highest BCUT2D eigenvalue weighted by atomic mass is 32.2. The molecule has 0 aromatic heterocycles. The summed E-state index contributed by atoms with van der Waals surface area (Å²) in [5.74, 6) is 0.503. The maximum Gasteiger partial charge on any atom is 0.243 e. The number of rotatable bonds is 10. The number of hydrogen-bond acceptors (Lipinski definition) is 4. The maximum absolute atomic E-state index is 13.2. The van der Waals surface area contributed by atoms with Gasteiger partial charge in [-0.3, -0.25) is 4.79 Å². The first-order chi connectivity index (χ1) is 15.4. The third-order valence-corrected chi connectivity index (χ3v) is 7.77. The number of nitrogens with zero attached hydrogens (tertiary/aromatic N) is 1. The van der Waals surface area contributed by atoms with Crippen LogP contribution < -0.4 is 10.1 Å². The van der Waals surface area contributed by atoms with E-state index < -0.39 is 16.1 Å². The molecular formula is C25H32N2O4S. The van der Waals surface area contributed by atoms with Crippen LogP contribution in [0.1, 0.15) is 50.1 Å². The number of ether oxygens (including phenoxy) is 1. The molecule has 1 amide bonds. The van der Waals surface area contributed by atoms with E-state index in [1.54, 1.807) is 61.7 Å². The normalized spacial score (nSPS) is 15.2. The van der Waals surface area contributed by atoms with Gasteiger partial charge in [0.25, 0.3) is 0 Å². The highest BCUT2D eigenvalue weighted by Gasteiger charge is 2.30. The fourth-order valence-corrected chi connectivity index (χ4v) is 5.32. The van der Waals surface area contributed by atoms with Gasteiger partial charge < -0.3 is 10.1 Å². The zero-order chi connectivity index (χ0) is 23.0. The average molecular weight is 457 g/mol. The summed E-state index contributed by atoms with van der Waals surface area (Å²) in [7, 11) is -0.670. The molecule has 3 rings (SSSR count). The average Bonchev–Trinajstić information content (AvgIpc) is 2.83. The largest absolute Gasteiger partial charge is 0.497 e. The van der Waals surface area contributed by atoms with Crippen LogP contribution in [0.4, 0.5) is 0 Å². The number of nitrogens with one attached hydrogen (secondary N) is 1. The van der Waals surface area contributed by atoms with Crippen LogP contribution in [0.5, 0.6) is 5.75 Å². The van der Waals surface area contributed by atoms with E-state index in [1.807, 2.05) is 0 Å². The maximum atomic E-state index is 13.2. The van der Waals surface area contributed by atoms with Crippen LogP contribution in [-0.4, -0.2) is 39.3 Å². The number of methoxy groups -OCH3 is 1. The summed E-state index contributed by atoms with van der Waals surface area (Å²) >= 11 is 0. The van der Waals surface area contributed by atoms with Crippen molar-refractivity contribution in [3.05, 3.63) is 71.8 Å². The number of carbonyl (C=O) groups excluding carboxylic acids is 1. The smallest absolute Gasteiger partial charge is 0.243 e. The van der Waals surface area contributed by atoms with Crippen molar-refractivity contribution in [3.63, 3.8) is 0 Å². The van der Waals surface area contributed by atoms with E-state index in [-0.39, 0.29) is 17.2 Å². The topological polar surface area (TPSA) is 75.7 Å². The fraction of sp³-hybridized carbons (Fsp3) is 0.400. The van der Waals surface area contributed by atoms with Crippen molar-refractivity contribution < 1.29 is 17.9 Å². The second kappa shape index (κ2) is 11.3. The van der Waals surface area contributed by atoms with Crippen molar-refractivity contribution in [2.75, 3.05) is 20.7 Å².